The van der Waals surface area contributed by atoms with E-state index in [1.807, 2.05) is 0 Å². The summed E-state index contributed by atoms with van der Waals surface area (Å²) < 4.78 is 45.9. The number of amides is 1. The molecule has 8 nitrogen and oxygen atoms in total. The predicted molar refractivity (Wildman–Crippen MR) is 164 cm³/mol. The molecule has 44 heavy (non-hydrogen) atoms. The van der Waals surface area contributed by atoms with Gasteiger partial charge >= 0.3 is 12.3 Å². The molecule has 2 atom stereocenters. The molecule has 0 fully saturated rings. The molecule has 0 aromatic heterocycles. The lowest BCUT2D eigenvalue weighted by Gasteiger charge is -2.44. The van der Waals surface area contributed by atoms with Crippen LogP contribution in [0, 0.1) is 0 Å². The number of rotatable bonds is 9. The first-order valence-corrected chi connectivity index (χ1v) is 14.4. The number of aliphatic imine (C=N–C) groups is 1. The fourth-order valence-corrected chi connectivity index (χ4v) is 5.26. The Kier molecular flexibility index (Phi) is 11.7. The number of hydrogen-bond acceptors (Lipinski definition) is 6. The summed E-state index contributed by atoms with van der Waals surface area (Å²) in [5, 5.41) is 30.5. The third kappa shape index (κ3) is 7.30. The Labute approximate surface area is 263 Å². The minimum atomic E-state index is -4.61. The number of aliphatic hydroxyl groups is 2. The normalized spacial score (nSPS) is 19.7. The molecule has 1 amide bonds. The average Bonchev–Trinajstić information content (AvgIpc) is 3.22. The number of carboxylic acid groups (broad SMARTS) is 1. The van der Waals surface area contributed by atoms with E-state index in [-0.39, 0.29) is 37.0 Å². The van der Waals surface area contributed by atoms with Crippen LogP contribution in [-0.4, -0.2) is 65.1 Å². The zero-order valence-electron chi connectivity index (χ0n) is 24.3. The number of nitrogens with one attached hydrogen (secondary N) is 1. The topological polar surface area (TPSA) is 115 Å². The number of hydrogen-bond donors (Lipinski definition) is 4. The van der Waals surface area contributed by atoms with Crippen LogP contribution in [0.1, 0.15) is 43.0 Å². The van der Waals surface area contributed by atoms with Crippen molar-refractivity contribution in [2.24, 2.45) is 4.99 Å². The molecular weight excluding hydrogens is 622 g/mol. The highest BCUT2D eigenvalue weighted by Gasteiger charge is 2.60. The van der Waals surface area contributed by atoms with Crippen molar-refractivity contribution >= 4 is 35.1 Å². The first-order chi connectivity index (χ1) is 20.7. The molecule has 4 N–H and O–H groups in total. The molecule has 0 aliphatic carbocycles. The van der Waals surface area contributed by atoms with E-state index in [1.165, 1.54) is 6.07 Å². The average molecular weight is 657 g/mol. The SMILES string of the molecule is CCOc1cc(C(F)(F)F)ccc1C1=NC(C)(c2ccc(Cl)cc2)C(C)(c2ccc(Cl)cc2)N1C(=O)O.OCCNCCO. The summed E-state index contributed by atoms with van der Waals surface area (Å²) in [6.07, 6.45) is -5.94. The lowest BCUT2D eigenvalue weighted by Crippen LogP contribution is -2.54. The molecule has 0 bridgehead atoms. The summed E-state index contributed by atoms with van der Waals surface area (Å²) in [6.45, 7) is 6.61. The highest BCUT2D eigenvalue weighted by Crippen LogP contribution is 2.53. The van der Waals surface area contributed by atoms with Crippen molar-refractivity contribution < 1.29 is 38.0 Å². The first kappa shape index (κ1) is 35.1. The van der Waals surface area contributed by atoms with E-state index in [9.17, 15) is 23.1 Å². The van der Waals surface area contributed by atoms with Crippen LogP contribution in [0.15, 0.2) is 71.7 Å². The number of carbonyl (C=O) groups is 1. The third-order valence-corrected chi connectivity index (χ3v) is 7.87. The molecule has 1 aliphatic heterocycles. The van der Waals surface area contributed by atoms with E-state index in [2.05, 4.69) is 5.32 Å². The highest BCUT2D eigenvalue weighted by atomic mass is 35.5. The Hall–Kier alpha value is -3.35. The summed E-state index contributed by atoms with van der Waals surface area (Å²) in [6, 6.07) is 16.5. The molecule has 0 radical (unpaired) electrons. The van der Waals surface area contributed by atoms with Gasteiger partial charge in [0.05, 0.1) is 30.9 Å². The maximum atomic E-state index is 13.5. The van der Waals surface area contributed by atoms with Gasteiger partial charge in [-0.15, -0.1) is 0 Å². The van der Waals surface area contributed by atoms with Crippen LogP contribution < -0.4 is 10.1 Å². The summed E-state index contributed by atoms with van der Waals surface area (Å²) in [7, 11) is 0. The molecular formula is C31H34Cl2F3N3O5. The quantitative estimate of drug-likeness (QED) is 0.195. The van der Waals surface area contributed by atoms with Crippen molar-refractivity contribution in [3.05, 3.63) is 99.0 Å². The molecule has 1 heterocycles. The van der Waals surface area contributed by atoms with Crippen molar-refractivity contribution in [3.63, 3.8) is 0 Å². The minimum Gasteiger partial charge on any atom is -0.493 e. The molecule has 0 spiro atoms. The number of alkyl halides is 3. The van der Waals surface area contributed by atoms with Gasteiger partial charge in [0, 0.05) is 23.1 Å². The van der Waals surface area contributed by atoms with Crippen molar-refractivity contribution in [3.8, 4) is 5.75 Å². The number of aliphatic hydroxyl groups excluding tert-OH is 2. The standard InChI is InChI=1S/C27H23Cl2F3N2O3.C4H11NO2/c1-4-37-22-15-18(27(30,31)32)9-14-21(22)23-33-25(2,16-5-10-19(28)11-6-16)26(3,34(23)24(35)36)17-7-12-20(29)13-8-17;6-3-1-5-2-4-7/h5-15H,4H2,1-3H3,(H,35,36);5-7H,1-4H2. The predicted octanol–water partition coefficient (Wildman–Crippen LogP) is 6.54. The van der Waals surface area contributed by atoms with Crippen molar-refractivity contribution in [1.82, 2.24) is 10.2 Å². The lowest BCUT2D eigenvalue weighted by atomic mass is 9.71. The van der Waals surface area contributed by atoms with Crippen LogP contribution in [0.2, 0.25) is 10.0 Å². The molecule has 3 aromatic carbocycles. The van der Waals surface area contributed by atoms with E-state index in [0.717, 1.165) is 17.0 Å². The summed E-state index contributed by atoms with van der Waals surface area (Å²) >= 11 is 12.2. The summed E-state index contributed by atoms with van der Waals surface area (Å²) in [5.74, 6) is -0.166. The fourth-order valence-electron chi connectivity index (χ4n) is 5.01. The number of nitrogens with zero attached hydrogens (tertiary/aromatic N) is 2. The maximum absolute atomic E-state index is 13.5. The lowest BCUT2D eigenvalue weighted by molar-refractivity contribution is -0.137. The first-order valence-electron chi connectivity index (χ1n) is 13.7. The van der Waals surface area contributed by atoms with Gasteiger partial charge in [-0.1, -0.05) is 47.5 Å². The Morgan fingerprint density at radius 1 is 0.932 bits per heavy atom. The molecule has 3 aromatic rings. The van der Waals surface area contributed by atoms with E-state index < -0.39 is 28.9 Å². The second-order valence-corrected chi connectivity index (χ2v) is 10.9. The van der Waals surface area contributed by atoms with E-state index in [1.54, 1.807) is 69.3 Å². The molecule has 238 valence electrons. The fraction of sp³-hybridized carbons (Fsp3) is 0.355. The molecule has 4 rings (SSSR count). The maximum Gasteiger partial charge on any atom is 0.416 e. The highest BCUT2D eigenvalue weighted by molar-refractivity contribution is 6.30. The number of halogens is 5. The minimum absolute atomic E-state index is 0.0421. The van der Waals surface area contributed by atoms with Gasteiger partial charge in [0.15, 0.2) is 0 Å². The van der Waals surface area contributed by atoms with Crippen LogP contribution in [0.5, 0.6) is 5.75 Å². The Morgan fingerprint density at radius 3 is 1.91 bits per heavy atom. The van der Waals surface area contributed by atoms with Gasteiger partial charge in [-0.2, -0.15) is 13.2 Å². The van der Waals surface area contributed by atoms with Crippen molar-refractivity contribution in [1.29, 1.82) is 0 Å². The molecule has 0 saturated heterocycles. The van der Waals surface area contributed by atoms with Crippen molar-refractivity contribution in [2.75, 3.05) is 32.9 Å². The molecule has 13 heteroatoms. The second-order valence-electron chi connectivity index (χ2n) is 10.1. The monoisotopic (exact) mass is 655 g/mol. The number of benzene rings is 3. The van der Waals surface area contributed by atoms with Crippen LogP contribution in [-0.2, 0) is 17.3 Å². The van der Waals surface area contributed by atoms with Gasteiger partial charge in [-0.25, -0.2) is 9.69 Å². The number of ether oxygens (including phenoxy) is 1. The Balaban J connectivity index is 0.000000676. The van der Waals surface area contributed by atoms with E-state index >= 15 is 0 Å². The van der Waals surface area contributed by atoms with Crippen LogP contribution >= 0.6 is 23.2 Å². The van der Waals surface area contributed by atoms with Gasteiger partial charge in [0.2, 0.25) is 0 Å². The van der Waals surface area contributed by atoms with Gasteiger partial charge in [-0.3, -0.25) is 4.99 Å². The van der Waals surface area contributed by atoms with E-state index in [0.29, 0.717) is 34.3 Å². The summed E-state index contributed by atoms with van der Waals surface area (Å²) in [5.41, 5.74) is -2.11. The van der Waals surface area contributed by atoms with Gasteiger partial charge < -0.3 is 25.4 Å². The largest absolute Gasteiger partial charge is 0.493 e. The number of amidine groups is 1. The van der Waals surface area contributed by atoms with Crippen molar-refractivity contribution in [2.45, 2.75) is 38.0 Å². The Morgan fingerprint density at radius 2 is 1.45 bits per heavy atom. The van der Waals surface area contributed by atoms with Gasteiger partial charge in [0.1, 0.15) is 22.7 Å². The van der Waals surface area contributed by atoms with Crippen LogP contribution in [0.3, 0.4) is 0 Å². The molecule has 2 unspecified atom stereocenters. The van der Waals surface area contributed by atoms with E-state index in [4.69, 9.17) is 43.1 Å². The summed E-state index contributed by atoms with van der Waals surface area (Å²) in [4.78, 5) is 18.9. The molecule has 0 saturated carbocycles. The third-order valence-electron chi connectivity index (χ3n) is 7.37. The molecule has 1 aliphatic rings. The Bertz CT molecular complexity index is 1450. The van der Waals surface area contributed by atoms with Crippen LogP contribution in [0.4, 0.5) is 18.0 Å². The van der Waals surface area contributed by atoms with Gasteiger partial charge in [0.25, 0.3) is 0 Å². The van der Waals surface area contributed by atoms with Crippen LogP contribution in [0.25, 0.3) is 0 Å². The smallest absolute Gasteiger partial charge is 0.416 e. The zero-order chi connectivity index (χ0) is 32.7. The second kappa shape index (κ2) is 14.6. The van der Waals surface area contributed by atoms with Gasteiger partial charge in [-0.05, 0) is 74.4 Å². The zero-order valence-corrected chi connectivity index (χ0v) is 25.8.